The van der Waals surface area contributed by atoms with E-state index < -0.39 is 21.5 Å². The van der Waals surface area contributed by atoms with Gasteiger partial charge in [0.2, 0.25) is 10.0 Å². The number of hydrogen-bond acceptors (Lipinski definition) is 3. The monoisotopic (exact) mass is 283 g/mol. The lowest BCUT2D eigenvalue weighted by atomic mass is 9.87. The predicted octanol–water partition coefficient (Wildman–Crippen LogP) is 2.28. The number of sulfonamides is 1. The van der Waals surface area contributed by atoms with Crippen molar-refractivity contribution in [2.24, 2.45) is 5.41 Å². The maximum atomic E-state index is 12.1. The molecule has 5 heteroatoms. The van der Waals surface area contributed by atoms with E-state index in [0.29, 0.717) is 0 Å². The van der Waals surface area contributed by atoms with Crippen LogP contribution in [0.2, 0.25) is 0 Å². The Kier molecular flexibility index (Phi) is 4.53. The lowest BCUT2D eigenvalue weighted by Gasteiger charge is -2.22. The van der Waals surface area contributed by atoms with Crippen molar-refractivity contribution in [1.29, 1.82) is 0 Å². The molecule has 1 aromatic rings. The van der Waals surface area contributed by atoms with Gasteiger partial charge in [0.25, 0.3) is 0 Å². The molecule has 0 saturated heterocycles. The highest BCUT2D eigenvalue weighted by atomic mass is 32.2. The van der Waals surface area contributed by atoms with Crippen molar-refractivity contribution >= 4 is 15.8 Å². The van der Waals surface area contributed by atoms with Crippen LogP contribution in [0.5, 0.6) is 0 Å². The Morgan fingerprint density at radius 2 is 1.63 bits per heavy atom. The van der Waals surface area contributed by atoms with Crippen molar-refractivity contribution in [3.63, 3.8) is 0 Å². The largest absolute Gasteiger partial charge is 0.297 e. The fraction of sp³-hybridized carbons (Fsp3) is 0.500. The molecule has 0 aliphatic rings. The molecule has 4 nitrogen and oxygen atoms in total. The highest BCUT2D eigenvalue weighted by Gasteiger charge is 2.29. The molecule has 0 heterocycles. The number of aryl methyl sites for hydroxylation is 1. The van der Waals surface area contributed by atoms with E-state index in [9.17, 15) is 13.2 Å². The second-order valence-corrected chi connectivity index (χ2v) is 7.48. The third-order valence-corrected chi connectivity index (χ3v) is 4.35. The second-order valence-electron chi connectivity index (χ2n) is 5.77. The normalized spacial score (nSPS) is 14.2. The SMILES string of the molecule is Cc1ccc(S(=O)(=O)N[C@H](C)C(=O)C(C)(C)C)cc1. The highest BCUT2D eigenvalue weighted by Crippen LogP contribution is 2.18. The quantitative estimate of drug-likeness (QED) is 0.922. The zero-order chi connectivity index (χ0) is 14.8. The van der Waals surface area contributed by atoms with Gasteiger partial charge in [-0.05, 0) is 26.0 Å². The molecular weight excluding hydrogens is 262 g/mol. The number of carbonyl (C=O) groups is 1. The summed E-state index contributed by atoms with van der Waals surface area (Å²) >= 11 is 0. The van der Waals surface area contributed by atoms with Crippen molar-refractivity contribution in [1.82, 2.24) is 4.72 Å². The molecule has 0 saturated carbocycles. The summed E-state index contributed by atoms with van der Waals surface area (Å²) in [5, 5.41) is 0. The van der Waals surface area contributed by atoms with Crippen LogP contribution in [0.4, 0.5) is 0 Å². The maximum Gasteiger partial charge on any atom is 0.241 e. The first-order valence-electron chi connectivity index (χ1n) is 6.17. The first-order valence-corrected chi connectivity index (χ1v) is 7.65. The lowest BCUT2D eigenvalue weighted by Crippen LogP contribution is -2.43. The number of rotatable bonds is 4. The molecule has 1 N–H and O–H groups in total. The van der Waals surface area contributed by atoms with E-state index in [1.165, 1.54) is 12.1 Å². The topological polar surface area (TPSA) is 63.2 Å². The summed E-state index contributed by atoms with van der Waals surface area (Å²) in [5.41, 5.74) is 0.410. The molecule has 0 unspecified atom stereocenters. The molecular formula is C14H21NO3S. The summed E-state index contributed by atoms with van der Waals surface area (Å²) < 4.78 is 26.7. The van der Waals surface area contributed by atoms with Crippen LogP contribution in [0.15, 0.2) is 29.2 Å². The predicted molar refractivity (Wildman–Crippen MR) is 75.4 cm³/mol. The van der Waals surface area contributed by atoms with Gasteiger partial charge in [-0.15, -0.1) is 0 Å². The van der Waals surface area contributed by atoms with E-state index in [1.807, 2.05) is 6.92 Å². The van der Waals surface area contributed by atoms with Gasteiger partial charge in [0.1, 0.15) is 0 Å². The van der Waals surface area contributed by atoms with E-state index in [-0.39, 0.29) is 10.7 Å². The second kappa shape index (κ2) is 5.43. The van der Waals surface area contributed by atoms with Gasteiger partial charge in [-0.25, -0.2) is 13.1 Å². The summed E-state index contributed by atoms with van der Waals surface area (Å²) in [5.74, 6) is -0.136. The molecule has 0 aliphatic carbocycles. The van der Waals surface area contributed by atoms with Crippen LogP contribution >= 0.6 is 0 Å². The molecule has 0 amide bonds. The van der Waals surface area contributed by atoms with E-state index >= 15 is 0 Å². The molecule has 1 aromatic carbocycles. The van der Waals surface area contributed by atoms with Gasteiger partial charge in [0, 0.05) is 5.41 Å². The lowest BCUT2D eigenvalue weighted by molar-refractivity contribution is -0.127. The molecule has 1 atom stereocenters. The van der Waals surface area contributed by atoms with Crippen LogP contribution in [0.25, 0.3) is 0 Å². The van der Waals surface area contributed by atoms with Crippen molar-refractivity contribution in [2.45, 2.75) is 45.6 Å². The fourth-order valence-corrected chi connectivity index (χ4v) is 2.92. The summed E-state index contributed by atoms with van der Waals surface area (Å²) in [7, 11) is -3.65. The number of hydrogen-bond donors (Lipinski definition) is 1. The van der Waals surface area contributed by atoms with Gasteiger partial charge >= 0.3 is 0 Å². The zero-order valence-corrected chi connectivity index (χ0v) is 12.8. The summed E-state index contributed by atoms with van der Waals surface area (Å²) in [6.45, 7) is 8.76. The van der Waals surface area contributed by atoms with Crippen molar-refractivity contribution in [2.75, 3.05) is 0 Å². The number of benzene rings is 1. The van der Waals surface area contributed by atoms with Crippen molar-refractivity contribution < 1.29 is 13.2 Å². The molecule has 0 radical (unpaired) electrons. The van der Waals surface area contributed by atoms with Gasteiger partial charge in [-0.3, -0.25) is 4.79 Å². The van der Waals surface area contributed by atoms with Crippen molar-refractivity contribution in [3.05, 3.63) is 29.8 Å². The third-order valence-electron chi connectivity index (χ3n) is 2.80. The summed E-state index contributed by atoms with van der Waals surface area (Å²) in [6, 6.07) is 5.78. The third kappa shape index (κ3) is 4.14. The molecule has 0 aliphatic heterocycles. The Hall–Kier alpha value is -1.20. The Morgan fingerprint density at radius 3 is 2.05 bits per heavy atom. The number of Topliss-reactive ketones (excluding diaryl/α,β-unsaturated/α-hetero) is 1. The average molecular weight is 283 g/mol. The molecule has 0 aromatic heterocycles. The van der Waals surface area contributed by atoms with Gasteiger partial charge in [-0.2, -0.15) is 0 Å². The smallest absolute Gasteiger partial charge is 0.241 e. The van der Waals surface area contributed by atoms with Gasteiger partial charge in [0.15, 0.2) is 5.78 Å². The first kappa shape index (κ1) is 15.9. The van der Waals surface area contributed by atoms with Crippen LogP contribution < -0.4 is 4.72 Å². The molecule has 0 spiro atoms. The van der Waals surface area contributed by atoms with Crippen LogP contribution in [-0.4, -0.2) is 20.2 Å². The van der Waals surface area contributed by atoms with E-state index in [1.54, 1.807) is 39.8 Å². The summed E-state index contributed by atoms with van der Waals surface area (Å²) in [4.78, 5) is 12.2. The number of ketones is 1. The summed E-state index contributed by atoms with van der Waals surface area (Å²) in [6.07, 6.45) is 0. The number of nitrogens with one attached hydrogen (secondary N) is 1. The minimum Gasteiger partial charge on any atom is -0.297 e. The molecule has 1 rings (SSSR count). The average Bonchev–Trinajstić information content (AvgIpc) is 2.26. The molecule has 0 bridgehead atoms. The van der Waals surface area contributed by atoms with Crippen LogP contribution in [0.1, 0.15) is 33.3 Å². The van der Waals surface area contributed by atoms with Gasteiger partial charge in [0.05, 0.1) is 10.9 Å². The van der Waals surface area contributed by atoms with Crippen molar-refractivity contribution in [3.8, 4) is 0 Å². The Balaban J connectivity index is 2.92. The van der Waals surface area contributed by atoms with E-state index in [2.05, 4.69) is 4.72 Å². The van der Waals surface area contributed by atoms with Crippen LogP contribution in [0.3, 0.4) is 0 Å². The number of carbonyl (C=O) groups excluding carboxylic acids is 1. The minimum atomic E-state index is -3.65. The zero-order valence-electron chi connectivity index (χ0n) is 12.0. The Morgan fingerprint density at radius 1 is 1.16 bits per heavy atom. The maximum absolute atomic E-state index is 12.1. The molecule has 0 fully saturated rings. The van der Waals surface area contributed by atoms with Gasteiger partial charge < -0.3 is 0 Å². The molecule has 19 heavy (non-hydrogen) atoms. The minimum absolute atomic E-state index is 0.136. The Labute approximate surface area is 115 Å². The van der Waals surface area contributed by atoms with Crippen LogP contribution in [0, 0.1) is 12.3 Å². The van der Waals surface area contributed by atoms with Gasteiger partial charge in [-0.1, -0.05) is 38.5 Å². The van der Waals surface area contributed by atoms with Crippen LogP contribution in [-0.2, 0) is 14.8 Å². The fourth-order valence-electron chi connectivity index (χ4n) is 1.72. The highest BCUT2D eigenvalue weighted by molar-refractivity contribution is 7.89. The molecule has 106 valence electrons. The Bertz CT molecular complexity index is 553. The van der Waals surface area contributed by atoms with E-state index in [0.717, 1.165) is 5.56 Å². The standard InChI is InChI=1S/C14H21NO3S/c1-10-6-8-12(9-7-10)19(17,18)15-11(2)13(16)14(3,4)5/h6-9,11,15H,1-5H3/t11-/m1/s1. The van der Waals surface area contributed by atoms with E-state index in [4.69, 9.17) is 0 Å². The first-order chi connectivity index (χ1) is 8.54.